The number of allylic oxidation sites excluding steroid dienone is 1. The van der Waals surface area contributed by atoms with Crippen molar-refractivity contribution in [2.75, 3.05) is 13.1 Å². The molecule has 4 rings (SSSR count). The van der Waals surface area contributed by atoms with Crippen LogP contribution >= 0.6 is 0 Å². The highest BCUT2D eigenvalue weighted by Gasteiger charge is 2.32. The van der Waals surface area contributed by atoms with Crippen molar-refractivity contribution in [2.24, 2.45) is 0 Å². The van der Waals surface area contributed by atoms with Crippen molar-refractivity contribution in [3.8, 4) is 6.07 Å². The van der Waals surface area contributed by atoms with E-state index < -0.39 is 17.6 Å². The molecule has 0 radical (unpaired) electrons. The number of nitriles is 1. The van der Waals surface area contributed by atoms with Gasteiger partial charge in [-0.1, -0.05) is 24.3 Å². The molecule has 2 aromatic carbocycles. The minimum atomic E-state index is -1.01. The number of rotatable bonds is 7. The topological polar surface area (TPSA) is 94.0 Å². The van der Waals surface area contributed by atoms with Crippen LogP contribution in [0.1, 0.15) is 67.6 Å². The summed E-state index contributed by atoms with van der Waals surface area (Å²) >= 11 is 0. The van der Waals surface area contributed by atoms with Crippen LogP contribution in [-0.2, 0) is 9.59 Å². The second kappa shape index (κ2) is 11.4. The van der Waals surface area contributed by atoms with Gasteiger partial charge in [-0.3, -0.25) is 9.59 Å². The Morgan fingerprint density at radius 2 is 1.83 bits per heavy atom. The summed E-state index contributed by atoms with van der Waals surface area (Å²) in [6.07, 6.45) is 3.98. The van der Waals surface area contributed by atoms with E-state index in [0.29, 0.717) is 41.9 Å². The van der Waals surface area contributed by atoms with Crippen molar-refractivity contribution in [3.63, 3.8) is 0 Å². The first-order valence-corrected chi connectivity index (χ1v) is 12.3. The molecule has 3 N–H and O–H groups in total. The van der Waals surface area contributed by atoms with E-state index in [0.717, 1.165) is 48.9 Å². The zero-order valence-corrected chi connectivity index (χ0v) is 20.2. The van der Waals surface area contributed by atoms with Crippen molar-refractivity contribution in [3.05, 3.63) is 82.1 Å². The Bertz CT molecular complexity index is 1210. The molecule has 1 aliphatic carbocycles. The summed E-state index contributed by atoms with van der Waals surface area (Å²) in [7, 11) is 0. The van der Waals surface area contributed by atoms with Gasteiger partial charge in [0.2, 0.25) is 11.8 Å². The largest absolute Gasteiger partial charge is 0.351 e. The lowest BCUT2D eigenvalue weighted by atomic mass is 9.80. The van der Waals surface area contributed by atoms with Gasteiger partial charge in [0.15, 0.2) is 11.6 Å². The molecule has 188 valence electrons. The van der Waals surface area contributed by atoms with Gasteiger partial charge in [-0.25, -0.2) is 8.78 Å². The maximum atomic E-state index is 13.8. The average molecular weight is 493 g/mol. The Hall–Kier alpha value is -3.57. The summed E-state index contributed by atoms with van der Waals surface area (Å²) in [4.78, 5) is 25.1. The van der Waals surface area contributed by atoms with Gasteiger partial charge >= 0.3 is 0 Å². The van der Waals surface area contributed by atoms with Crippen molar-refractivity contribution < 1.29 is 18.4 Å². The normalized spacial score (nSPS) is 22.1. The van der Waals surface area contributed by atoms with Crippen molar-refractivity contribution >= 4 is 11.8 Å². The number of benzene rings is 2. The number of nitrogens with one attached hydrogen (secondary N) is 3. The van der Waals surface area contributed by atoms with Crippen LogP contribution in [0.4, 0.5) is 8.78 Å². The van der Waals surface area contributed by atoms with E-state index in [1.807, 2.05) is 24.3 Å². The van der Waals surface area contributed by atoms with Gasteiger partial charge in [-0.2, -0.15) is 5.26 Å². The summed E-state index contributed by atoms with van der Waals surface area (Å²) in [6, 6.07) is 13.9. The molecule has 0 saturated heterocycles. The lowest BCUT2D eigenvalue weighted by Gasteiger charge is -2.30. The highest BCUT2D eigenvalue weighted by Crippen LogP contribution is 2.35. The van der Waals surface area contributed by atoms with Crippen molar-refractivity contribution in [1.29, 1.82) is 5.26 Å². The molecule has 0 bridgehead atoms. The predicted molar refractivity (Wildman–Crippen MR) is 132 cm³/mol. The van der Waals surface area contributed by atoms with E-state index in [1.165, 1.54) is 6.07 Å². The number of amides is 2. The molecule has 0 spiro atoms. The predicted octanol–water partition coefficient (Wildman–Crippen LogP) is 4.15. The molecular weight excluding hydrogens is 462 g/mol. The van der Waals surface area contributed by atoms with Crippen LogP contribution in [0.5, 0.6) is 0 Å². The Morgan fingerprint density at radius 1 is 1.08 bits per heavy atom. The van der Waals surface area contributed by atoms with Gasteiger partial charge in [-0.05, 0) is 67.9 Å². The third-order valence-electron chi connectivity index (χ3n) is 7.15. The summed E-state index contributed by atoms with van der Waals surface area (Å²) in [5.74, 6) is -2.84. The van der Waals surface area contributed by atoms with Gasteiger partial charge < -0.3 is 16.0 Å². The van der Waals surface area contributed by atoms with E-state index in [-0.39, 0.29) is 18.2 Å². The fourth-order valence-electron chi connectivity index (χ4n) is 5.33. The first-order valence-electron chi connectivity index (χ1n) is 12.3. The van der Waals surface area contributed by atoms with Gasteiger partial charge in [-0.15, -0.1) is 0 Å². The molecule has 2 aliphatic rings. The monoisotopic (exact) mass is 492 g/mol. The van der Waals surface area contributed by atoms with E-state index in [9.17, 15) is 23.6 Å². The van der Waals surface area contributed by atoms with Gasteiger partial charge in [0.05, 0.1) is 11.6 Å². The minimum Gasteiger partial charge on any atom is -0.351 e. The third-order valence-corrected chi connectivity index (χ3v) is 7.15. The van der Waals surface area contributed by atoms with Gasteiger partial charge in [0, 0.05) is 42.7 Å². The third kappa shape index (κ3) is 5.80. The molecule has 1 heterocycles. The van der Waals surface area contributed by atoms with Gasteiger partial charge in [0.25, 0.3) is 0 Å². The van der Waals surface area contributed by atoms with Crippen LogP contribution in [0.3, 0.4) is 0 Å². The summed E-state index contributed by atoms with van der Waals surface area (Å²) in [5.41, 5.74) is 3.05. The van der Waals surface area contributed by atoms with E-state index in [1.54, 1.807) is 6.92 Å². The lowest BCUT2D eigenvalue weighted by Crippen LogP contribution is -2.41. The summed E-state index contributed by atoms with van der Waals surface area (Å²) in [6.45, 7) is 2.62. The van der Waals surface area contributed by atoms with Crippen LogP contribution in [0.15, 0.2) is 53.7 Å². The first-order chi connectivity index (χ1) is 17.4. The van der Waals surface area contributed by atoms with Crippen LogP contribution in [0.25, 0.3) is 0 Å². The molecule has 6 nitrogen and oxygen atoms in total. The van der Waals surface area contributed by atoms with Crippen LogP contribution in [-0.4, -0.2) is 30.9 Å². The molecule has 1 fully saturated rings. The summed E-state index contributed by atoms with van der Waals surface area (Å²) in [5, 5.41) is 18.4. The fraction of sp³-hybridized carbons (Fsp3) is 0.393. The molecule has 2 amide bonds. The fourth-order valence-corrected chi connectivity index (χ4v) is 5.33. The molecular formula is C28H30F2N4O2. The highest BCUT2D eigenvalue weighted by molar-refractivity contribution is 5.99. The minimum absolute atomic E-state index is 0.0123. The molecule has 1 saturated carbocycles. The average Bonchev–Trinajstić information content (AvgIpc) is 2.88. The Balaban J connectivity index is 1.29. The maximum Gasteiger partial charge on any atom is 0.249 e. The first kappa shape index (κ1) is 25.5. The highest BCUT2D eigenvalue weighted by atomic mass is 19.2. The smallest absolute Gasteiger partial charge is 0.249 e. The molecule has 36 heavy (non-hydrogen) atoms. The van der Waals surface area contributed by atoms with E-state index in [4.69, 9.17) is 0 Å². The van der Waals surface area contributed by atoms with E-state index in [2.05, 4.69) is 22.0 Å². The number of nitrogens with zero attached hydrogens (tertiary/aromatic N) is 1. The number of carbonyl (C=O) groups is 2. The molecule has 8 heteroatoms. The Labute approximate surface area is 209 Å². The standard InChI is InChI=1S/C28H30F2N4O2/c1-17-27(23(15-26(35)34-17)19-8-11-24(29)25(30)14-19)28(36)33-13-12-32-21-9-6-18(7-10-21)22-5-3-2-4-20(22)16-31/h2-5,8,11,14,18,21,23,32H,6-7,9-10,12-13,15H2,1H3,(H,33,36)(H,34,35)/t18?,21?,23-/m1/s1. The number of halogens is 2. The number of carbonyl (C=O) groups excluding carboxylic acids is 2. The van der Waals surface area contributed by atoms with Crippen molar-refractivity contribution in [1.82, 2.24) is 16.0 Å². The van der Waals surface area contributed by atoms with E-state index >= 15 is 0 Å². The Morgan fingerprint density at radius 3 is 2.56 bits per heavy atom. The maximum absolute atomic E-state index is 13.8. The van der Waals surface area contributed by atoms with Crippen LogP contribution in [0.2, 0.25) is 0 Å². The SMILES string of the molecule is CC1=C(C(=O)NCCNC2CCC(c3ccccc3C#N)CC2)[C@@H](c2ccc(F)c(F)c2)CC(=O)N1. The lowest BCUT2D eigenvalue weighted by molar-refractivity contribution is -0.121. The molecule has 1 atom stereocenters. The van der Waals surface area contributed by atoms with Crippen LogP contribution < -0.4 is 16.0 Å². The van der Waals surface area contributed by atoms with Crippen molar-refractivity contribution in [2.45, 2.75) is 56.9 Å². The second-order valence-electron chi connectivity index (χ2n) is 9.47. The quantitative estimate of drug-likeness (QED) is 0.507. The zero-order valence-electron chi connectivity index (χ0n) is 20.2. The molecule has 2 aromatic rings. The van der Waals surface area contributed by atoms with Gasteiger partial charge in [0.1, 0.15) is 0 Å². The number of hydrogen-bond donors (Lipinski definition) is 3. The Kier molecular flexibility index (Phi) is 8.11. The molecule has 1 aliphatic heterocycles. The van der Waals surface area contributed by atoms with Crippen LogP contribution in [0, 0.1) is 23.0 Å². The summed E-state index contributed by atoms with van der Waals surface area (Å²) < 4.78 is 27.2. The number of hydrogen-bond acceptors (Lipinski definition) is 4. The molecule has 0 unspecified atom stereocenters. The second-order valence-corrected chi connectivity index (χ2v) is 9.47. The zero-order chi connectivity index (χ0) is 25.7. The molecule has 0 aromatic heterocycles.